The first-order valence-electron chi connectivity index (χ1n) is 9.58. The summed E-state index contributed by atoms with van der Waals surface area (Å²) in [5.74, 6) is 0.742. The molecule has 0 radical (unpaired) electrons. The summed E-state index contributed by atoms with van der Waals surface area (Å²) in [6.07, 6.45) is 3.01. The monoisotopic (exact) mass is 494 g/mol. The summed E-state index contributed by atoms with van der Waals surface area (Å²) in [5, 5.41) is 9.54. The first kappa shape index (κ1) is 23.9. The molecule has 0 aromatic heterocycles. The number of carbonyl (C=O) groups excluding carboxylic acids is 1. The lowest BCUT2D eigenvalue weighted by Gasteiger charge is -2.12. The third-order valence-electron chi connectivity index (χ3n) is 4.19. The van der Waals surface area contributed by atoms with E-state index in [1.54, 1.807) is 7.05 Å². The van der Waals surface area contributed by atoms with Gasteiger partial charge in [0.05, 0.1) is 0 Å². The molecular formula is C22H31IN4O. The van der Waals surface area contributed by atoms with Crippen molar-refractivity contribution in [1.82, 2.24) is 16.0 Å². The molecular weight excluding hydrogens is 463 g/mol. The molecule has 0 saturated carbocycles. The molecule has 0 aliphatic rings. The lowest BCUT2D eigenvalue weighted by Crippen LogP contribution is -2.37. The fourth-order valence-corrected chi connectivity index (χ4v) is 2.71. The van der Waals surface area contributed by atoms with Crippen molar-refractivity contribution in [1.29, 1.82) is 0 Å². The van der Waals surface area contributed by atoms with Crippen LogP contribution in [0.15, 0.2) is 59.6 Å². The molecule has 0 atom stereocenters. The standard InChI is InChI=1S/C22H30N4O.HI/c1-3-14-24-21(27)20-13-7-11-19(16-20)17-26-22(23-2)25-15-8-12-18-9-5-4-6-10-18;/h4-7,9-11,13,16H,3,8,12,14-15,17H2,1-2H3,(H,24,27)(H2,23,25,26);1H. The Hall–Kier alpha value is -2.09. The zero-order chi connectivity index (χ0) is 19.3. The number of hydrogen-bond acceptors (Lipinski definition) is 2. The van der Waals surface area contributed by atoms with Crippen LogP contribution in [0.4, 0.5) is 0 Å². The van der Waals surface area contributed by atoms with Crippen LogP contribution in [0, 0.1) is 0 Å². The number of benzene rings is 2. The Bertz CT molecular complexity index is 734. The van der Waals surface area contributed by atoms with Crippen molar-refractivity contribution in [3.63, 3.8) is 0 Å². The molecule has 0 spiro atoms. The first-order chi connectivity index (χ1) is 13.2. The van der Waals surface area contributed by atoms with Gasteiger partial charge >= 0.3 is 0 Å². The zero-order valence-corrected chi connectivity index (χ0v) is 19.0. The van der Waals surface area contributed by atoms with E-state index in [0.29, 0.717) is 18.7 Å². The largest absolute Gasteiger partial charge is 0.356 e. The van der Waals surface area contributed by atoms with Gasteiger partial charge < -0.3 is 16.0 Å². The van der Waals surface area contributed by atoms with Gasteiger partial charge in [-0.3, -0.25) is 9.79 Å². The SMILES string of the molecule is CCCNC(=O)c1cccc(CNC(=NC)NCCCc2ccccc2)c1.I. The third kappa shape index (κ3) is 8.73. The van der Waals surface area contributed by atoms with Gasteiger partial charge in [-0.2, -0.15) is 0 Å². The normalized spacial score (nSPS) is 10.7. The van der Waals surface area contributed by atoms with Gasteiger partial charge in [-0.1, -0.05) is 49.4 Å². The van der Waals surface area contributed by atoms with Crippen molar-refractivity contribution in [2.45, 2.75) is 32.7 Å². The number of aliphatic imine (C=N–C) groups is 1. The fraction of sp³-hybridized carbons (Fsp3) is 0.364. The predicted octanol–water partition coefficient (Wildman–Crippen LogP) is 3.74. The molecule has 5 nitrogen and oxygen atoms in total. The lowest BCUT2D eigenvalue weighted by atomic mass is 10.1. The summed E-state index contributed by atoms with van der Waals surface area (Å²) in [6.45, 7) is 4.21. The Morgan fingerprint density at radius 2 is 1.68 bits per heavy atom. The summed E-state index contributed by atoms with van der Waals surface area (Å²) in [7, 11) is 1.77. The Balaban J connectivity index is 0.00000392. The van der Waals surface area contributed by atoms with E-state index in [1.807, 2.05) is 37.3 Å². The van der Waals surface area contributed by atoms with Gasteiger partial charge in [-0.15, -0.1) is 24.0 Å². The van der Waals surface area contributed by atoms with Crippen molar-refractivity contribution < 1.29 is 4.79 Å². The van der Waals surface area contributed by atoms with Crippen LogP contribution >= 0.6 is 24.0 Å². The minimum atomic E-state index is -0.0258. The second-order valence-corrected chi connectivity index (χ2v) is 6.40. The molecule has 0 fully saturated rings. The Morgan fingerprint density at radius 3 is 2.39 bits per heavy atom. The molecule has 152 valence electrons. The Labute approximate surface area is 185 Å². The zero-order valence-electron chi connectivity index (χ0n) is 16.7. The van der Waals surface area contributed by atoms with Crippen molar-refractivity contribution in [3.05, 3.63) is 71.3 Å². The molecule has 28 heavy (non-hydrogen) atoms. The third-order valence-corrected chi connectivity index (χ3v) is 4.19. The van der Waals surface area contributed by atoms with Crippen LogP contribution < -0.4 is 16.0 Å². The van der Waals surface area contributed by atoms with Gasteiger partial charge in [-0.05, 0) is 42.5 Å². The van der Waals surface area contributed by atoms with Crippen LogP contribution in [0.2, 0.25) is 0 Å². The summed E-state index contributed by atoms with van der Waals surface area (Å²) >= 11 is 0. The number of aryl methyl sites for hydroxylation is 1. The van der Waals surface area contributed by atoms with Crippen LogP contribution in [0.1, 0.15) is 41.3 Å². The number of guanidine groups is 1. The maximum atomic E-state index is 12.1. The van der Waals surface area contributed by atoms with Crippen molar-refractivity contribution >= 4 is 35.8 Å². The summed E-state index contributed by atoms with van der Waals surface area (Å²) in [6, 6.07) is 18.1. The predicted molar refractivity (Wildman–Crippen MR) is 127 cm³/mol. The van der Waals surface area contributed by atoms with Crippen LogP contribution in [0.5, 0.6) is 0 Å². The number of halogens is 1. The van der Waals surface area contributed by atoms with E-state index >= 15 is 0 Å². The molecule has 2 aromatic rings. The Kier molecular flexibility index (Phi) is 12.0. The minimum absolute atomic E-state index is 0. The smallest absolute Gasteiger partial charge is 0.251 e. The number of amides is 1. The summed E-state index contributed by atoms with van der Waals surface area (Å²) in [5.41, 5.74) is 3.08. The molecule has 3 N–H and O–H groups in total. The first-order valence-corrected chi connectivity index (χ1v) is 9.58. The number of carbonyl (C=O) groups is 1. The van der Waals surface area contributed by atoms with E-state index in [-0.39, 0.29) is 29.9 Å². The molecule has 0 bridgehead atoms. The highest BCUT2D eigenvalue weighted by Crippen LogP contribution is 2.05. The summed E-state index contributed by atoms with van der Waals surface area (Å²) in [4.78, 5) is 16.3. The average molecular weight is 494 g/mol. The highest BCUT2D eigenvalue weighted by Gasteiger charge is 2.05. The molecule has 2 aromatic carbocycles. The van der Waals surface area contributed by atoms with Gasteiger partial charge in [0.1, 0.15) is 0 Å². The number of nitrogens with zero attached hydrogens (tertiary/aromatic N) is 1. The van der Waals surface area contributed by atoms with E-state index in [2.05, 4.69) is 45.2 Å². The van der Waals surface area contributed by atoms with Gasteiger partial charge in [0.15, 0.2) is 5.96 Å². The Morgan fingerprint density at radius 1 is 0.929 bits per heavy atom. The molecule has 0 unspecified atom stereocenters. The van der Waals surface area contributed by atoms with Gasteiger partial charge in [0.2, 0.25) is 0 Å². The van der Waals surface area contributed by atoms with Gasteiger partial charge in [-0.25, -0.2) is 0 Å². The maximum Gasteiger partial charge on any atom is 0.251 e. The minimum Gasteiger partial charge on any atom is -0.356 e. The molecule has 6 heteroatoms. The van der Waals surface area contributed by atoms with Gasteiger partial charge in [0, 0.05) is 32.2 Å². The summed E-state index contributed by atoms with van der Waals surface area (Å²) < 4.78 is 0. The molecule has 0 saturated heterocycles. The number of rotatable bonds is 9. The molecule has 2 rings (SSSR count). The molecule has 0 aliphatic heterocycles. The van der Waals surface area contributed by atoms with E-state index in [4.69, 9.17) is 0 Å². The van der Waals surface area contributed by atoms with E-state index in [9.17, 15) is 4.79 Å². The number of hydrogen-bond donors (Lipinski definition) is 3. The van der Waals surface area contributed by atoms with E-state index in [0.717, 1.165) is 37.3 Å². The molecule has 0 heterocycles. The van der Waals surface area contributed by atoms with Crippen molar-refractivity contribution in [3.8, 4) is 0 Å². The molecule has 0 aliphatic carbocycles. The van der Waals surface area contributed by atoms with Crippen molar-refractivity contribution in [2.75, 3.05) is 20.1 Å². The van der Waals surface area contributed by atoms with Gasteiger partial charge in [0.25, 0.3) is 5.91 Å². The van der Waals surface area contributed by atoms with E-state index in [1.165, 1.54) is 5.56 Å². The number of nitrogens with one attached hydrogen (secondary N) is 3. The maximum absolute atomic E-state index is 12.1. The topological polar surface area (TPSA) is 65.5 Å². The van der Waals surface area contributed by atoms with E-state index < -0.39 is 0 Å². The highest BCUT2D eigenvalue weighted by atomic mass is 127. The highest BCUT2D eigenvalue weighted by molar-refractivity contribution is 14.0. The van der Waals surface area contributed by atoms with Crippen LogP contribution in [-0.2, 0) is 13.0 Å². The van der Waals surface area contributed by atoms with Crippen LogP contribution in [0.25, 0.3) is 0 Å². The average Bonchev–Trinajstić information content (AvgIpc) is 2.72. The van der Waals surface area contributed by atoms with Crippen LogP contribution in [-0.4, -0.2) is 32.0 Å². The second-order valence-electron chi connectivity index (χ2n) is 6.40. The quantitative estimate of drug-likeness (QED) is 0.215. The fourth-order valence-electron chi connectivity index (χ4n) is 2.71. The lowest BCUT2D eigenvalue weighted by molar-refractivity contribution is 0.0953. The van der Waals surface area contributed by atoms with Crippen LogP contribution in [0.3, 0.4) is 0 Å². The molecule has 1 amide bonds. The second kappa shape index (κ2) is 14.0. The van der Waals surface area contributed by atoms with Crippen molar-refractivity contribution in [2.24, 2.45) is 4.99 Å².